The summed E-state index contributed by atoms with van der Waals surface area (Å²) in [5, 5.41) is 10.3. The number of halogens is 1. The third-order valence-corrected chi connectivity index (χ3v) is 3.56. The normalized spacial score (nSPS) is 10.7. The van der Waals surface area contributed by atoms with Gasteiger partial charge in [0.15, 0.2) is 11.4 Å². The summed E-state index contributed by atoms with van der Waals surface area (Å²) in [7, 11) is 0. The second-order valence-electron chi connectivity index (χ2n) is 5.52. The molecule has 134 valence electrons. The quantitative estimate of drug-likeness (QED) is 0.553. The van der Waals surface area contributed by atoms with Crippen molar-refractivity contribution >= 4 is 17.4 Å². The van der Waals surface area contributed by atoms with Gasteiger partial charge < -0.3 is 10.1 Å². The van der Waals surface area contributed by atoms with E-state index in [1.807, 2.05) is 0 Å². The molecule has 4 aromatic rings. The fourth-order valence-corrected chi connectivity index (χ4v) is 2.37. The van der Waals surface area contributed by atoms with E-state index in [0.717, 1.165) is 0 Å². The van der Waals surface area contributed by atoms with E-state index in [2.05, 4.69) is 30.5 Å². The third kappa shape index (κ3) is 3.54. The van der Waals surface area contributed by atoms with Crippen molar-refractivity contribution in [3.63, 3.8) is 0 Å². The van der Waals surface area contributed by atoms with E-state index < -0.39 is 11.9 Å². The molecule has 1 N–H and O–H groups in total. The van der Waals surface area contributed by atoms with E-state index in [4.69, 9.17) is 4.74 Å². The largest absolute Gasteiger partial charge is 0.453 e. The van der Waals surface area contributed by atoms with Crippen LogP contribution in [-0.4, -0.2) is 35.5 Å². The molecule has 0 bridgehead atoms. The highest BCUT2D eigenvalue weighted by Crippen LogP contribution is 2.23. The lowest BCUT2D eigenvalue weighted by Crippen LogP contribution is -2.15. The minimum absolute atomic E-state index is 0.0796. The van der Waals surface area contributed by atoms with Crippen LogP contribution >= 0.6 is 0 Å². The molecule has 9 nitrogen and oxygen atoms in total. The molecule has 0 radical (unpaired) electrons. The molecule has 0 aromatic carbocycles. The molecule has 0 fully saturated rings. The van der Waals surface area contributed by atoms with Crippen molar-refractivity contribution < 1.29 is 13.9 Å². The average Bonchev–Trinajstić information content (AvgIpc) is 3.11. The maximum absolute atomic E-state index is 13.2. The van der Waals surface area contributed by atoms with Crippen LogP contribution in [0.15, 0.2) is 49.2 Å². The molecule has 10 heteroatoms. The number of ether oxygens (including phenoxy) is 1. The Morgan fingerprint density at radius 3 is 2.81 bits per heavy atom. The van der Waals surface area contributed by atoms with Crippen LogP contribution in [0.2, 0.25) is 0 Å². The molecule has 0 atom stereocenters. The lowest BCUT2D eigenvalue weighted by molar-refractivity contribution is 0.102. The molecule has 0 unspecified atom stereocenters. The van der Waals surface area contributed by atoms with Gasteiger partial charge in [0.05, 0.1) is 24.2 Å². The fourth-order valence-electron chi connectivity index (χ4n) is 2.37. The lowest BCUT2D eigenvalue weighted by atomic mass is 10.2. The highest BCUT2D eigenvalue weighted by Gasteiger charge is 2.16. The highest BCUT2D eigenvalue weighted by atomic mass is 19.1. The molecule has 0 saturated heterocycles. The number of nitrogens with zero attached hydrogens (tertiary/aromatic N) is 6. The zero-order valence-corrected chi connectivity index (χ0v) is 14.0. The molecule has 27 heavy (non-hydrogen) atoms. The molecule has 0 aliphatic rings. The molecule has 4 heterocycles. The Morgan fingerprint density at radius 2 is 2.04 bits per heavy atom. The number of rotatable bonds is 4. The maximum atomic E-state index is 13.2. The van der Waals surface area contributed by atoms with Crippen LogP contribution in [0.3, 0.4) is 0 Å². The number of pyridine rings is 2. The Hall–Kier alpha value is -3.95. The van der Waals surface area contributed by atoms with Crippen molar-refractivity contribution in [1.29, 1.82) is 0 Å². The number of anilines is 1. The Labute approximate surface area is 151 Å². The molecular formula is C17H12FN7O2. The van der Waals surface area contributed by atoms with Gasteiger partial charge in [-0.25, -0.2) is 15.0 Å². The number of amides is 1. The van der Waals surface area contributed by atoms with Gasteiger partial charge in [0.25, 0.3) is 5.91 Å². The molecule has 4 aromatic heterocycles. The number of carbonyl (C=O) groups is 1. The van der Waals surface area contributed by atoms with Gasteiger partial charge in [-0.2, -0.15) is 4.39 Å². The number of aromatic nitrogens is 6. The summed E-state index contributed by atoms with van der Waals surface area (Å²) in [5.41, 5.74) is 0.500. The zero-order chi connectivity index (χ0) is 18.8. The van der Waals surface area contributed by atoms with Crippen LogP contribution in [0, 0.1) is 12.9 Å². The summed E-state index contributed by atoms with van der Waals surface area (Å²) in [5.74, 6) is 0.224. The highest BCUT2D eigenvalue weighted by molar-refractivity contribution is 6.08. The molecule has 0 aliphatic carbocycles. The van der Waals surface area contributed by atoms with Gasteiger partial charge in [0.2, 0.25) is 5.95 Å². The smallest absolute Gasteiger partial charge is 0.260 e. The number of fused-ring (bicyclic) bond motifs is 1. The second kappa shape index (κ2) is 6.75. The van der Waals surface area contributed by atoms with Crippen molar-refractivity contribution in [3.8, 4) is 11.5 Å². The Bertz CT molecular complexity index is 1130. The van der Waals surface area contributed by atoms with Crippen LogP contribution in [0.1, 0.15) is 16.2 Å². The fraction of sp³-hybridized carbons (Fsp3) is 0.0588. The third-order valence-electron chi connectivity index (χ3n) is 3.56. The summed E-state index contributed by atoms with van der Waals surface area (Å²) in [6.07, 6.45) is 6.10. The summed E-state index contributed by atoms with van der Waals surface area (Å²) < 4.78 is 20.5. The van der Waals surface area contributed by atoms with Gasteiger partial charge in [0, 0.05) is 0 Å². The minimum Gasteiger partial charge on any atom is -0.453 e. The van der Waals surface area contributed by atoms with Crippen LogP contribution in [0.5, 0.6) is 11.5 Å². The molecule has 4 rings (SSSR count). The maximum Gasteiger partial charge on any atom is 0.260 e. The van der Waals surface area contributed by atoms with Crippen LogP contribution in [0.25, 0.3) is 5.65 Å². The Morgan fingerprint density at radius 1 is 1.22 bits per heavy atom. The van der Waals surface area contributed by atoms with Gasteiger partial charge >= 0.3 is 0 Å². The van der Waals surface area contributed by atoms with Crippen LogP contribution in [0.4, 0.5) is 10.2 Å². The summed E-state index contributed by atoms with van der Waals surface area (Å²) in [6.45, 7) is 1.76. The number of aryl methyl sites for hydroxylation is 1. The standard InChI is InChI=1S/C17H12FN7O2/c1-10-19-6-12(7-20-10)27-11-5-13(16-24-21-9-25(16)8-11)17(26)23-15-4-2-3-14(18)22-15/h2-9H,1H3,(H,22,23,26). The second-order valence-corrected chi connectivity index (χ2v) is 5.52. The summed E-state index contributed by atoms with van der Waals surface area (Å²) in [6, 6.07) is 5.61. The van der Waals surface area contributed by atoms with E-state index in [1.165, 1.54) is 47.4 Å². The predicted octanol–water partition coefficient (Wildman–Crippen LogP) is 2.41. The van der Waals surface area contributed by atoms with E-state index in [9.17, 15) is 9.18 Å². The topological polar surface area (TPSA) is 107 Å². The molecule has 0 spiro atoms. The summed E-state index contributed by atoms with van der Waals surface area (Å²) >= 11 is 0. The van der Waals surface area contributed by atoms with Gasteiger partial charge in [-0.15, -0.1) is 10.2 Å². The molecular weight excluding hydrogens is 353 g/mol. The lowest BCUT2D eigenvalue weighted by Gasteiger charge is -2.09. The van der Waals surface area contributed by atoms with E-state index in [1.54, 1.807) is 13.1 Å². The van der Waals surface area contributed by atoms with E-state index >= 15 is 0 Å². The number of nitrogens with one attached hydrogen (secondary N) is 1. The van der Waals surface area contributed by atoms with Gasteiger partial charge in [-0.1, -0.05) is 6.07 Å². The first kappa shape index (κ1) is 16.5. The first-order valence-electron chi connectivity index (χ1n) is 7.82. The number of carbonyl (C=O) groups excluding carboxylic acids is 1. The van der Waals surface area contributed by atoms with Crippen molar-refractivity contribution in [2.24, 2.45) is 0 Å². The molecule has 1 amide bonds. The van der Waals surface area contributed by atoms with Crippen LogP contribution in [-0.2, 0) is 0 Å². The number of hydrogen-bond acceptors (Lipinski definition) is 7. The first-order valence-corrected chi connectivity index (χ1v) is 7.82. The number of hydrogen-bond donors (Lipinski definition) is 1. The van der Waals surface area contributed by atoms with Crippen molar-refractivity contribution in [2.75, 3.05) is 5.32 Å². The Kier molecular flexibility index (Phi) is 4.13. The Balaban J connectivity index is 1.67. The van der Waals surface area contributed by atoms with Crippen molar-refractivity contribution in [3.05, 3.63) is 66.5 Å². The monoisotopic (exact) mass is 365 g/mol. The van der Waals surface area contributed by atoms with E-state index in [0.29, 0.717) is 23.0 Å². The molecule has 0 saturated carbocycles. The average molecular weight is 365 g/mol. The SMILES string of the molecule is Cc1ncc(Oc2cc(C(=O)Nc3cccc(F)n3)c3nncn3c2)cn1. The molecule has 0 aliphatic heterocycles. The minimum atomic E-state index is -0.697. The van der Waals surface area contributed by atoms with Gasteiger partial charge in [0.1, 0.15) is 23.7 Å². The van der Waals surface area contributed by atoms with Gasteiger partial charge in [-0.3, -0.25) is 9.20 Å². The van der Waals surface area contributed by atoms with E-state index in [-0.39, 0.29) is 11.4 Å². The predicted molar refractivity (Wildman–Crippen MR) is 92.0 cm³/mol. The van der Waals surface area contributed by atoms with Crippen molar-refractivity contribution in [2.45, 2.75) is 6.92 Å². The van der Waals surface area contributed by atoms with Crippen molar-refractivity contribution in [1.82, 2.24) is 29.5 Å². The zero-order valence-electron chi connectivity index (χ0n) is 14.0. The van der Waals surface area contributed by atoms with Gasteiger partial charge in [-0.05, 0) is 25.1 Å². The van der Waals surface area contributed by atoms with Crippen LogP contribution < -0.4 is 10.1 Å². The first-order chi connectivity index (χ1) is 13.1. The summed E-state index contributed by atoms with van der Waals surface area (Å²) in [4.78, 5) is 24.4.